The van der Waals surface area contributed by atoms with Gasteiger partial charge in [-0.1, -0.05) is 42.5 Å². The van der Waals surface area contributed by atoms with Crippen molar-refractivity contribution in [2.75, 3.05) is 36.7 Å². The highest BCUT2D eigenvalue weighted by atomic mass is 16.5. The highest BCUT2D eigenvalue weighted by molar-refractivity contribution is 5.98. The van der Waals surface area contributed by atoms with Gasteiger partial charge in [0.15, 0.2) is 0 Å². The van der Waals surface area contributed by atoms with E-state index in [1.54, 1.807) is 6.92 Å². The van der Waals surface area contributed by atoms with Crippen LogP contribution in [0.2, 0.25) is 0 Å². The van der Waals surface area contributed by atoms with E-state index in [2.05, 4.69) is 32.4 Å². The van der Waals surface area contributed by atoms with E-state index in [0.29, 0.717) is 38.2 Å². The molecular formula is C32H39N5O5. The summed E-state index contributed by atoms with van der Waals surface area (Å²) in [6, 6.07) is 24.2. The highest BCUT2D eigenvalue weighted by Gasteiger charge is 2.39. The third-order valence-corrected chi connectivity index (χ3v) is 7.47. The summed E-state index contributed by atoms with van der Waals surface area (Å²) in [5.74, 6) is -0.658. The number of nitrogens with two attached hydrogens (primary N) is 1. The van der Waals surface area contributed by atoms with Crippen LogP contribution in [0.25, 0.3) is 0 Å². The van der Waals surface area contributed by atoms with E-state index >= 15 is 0 Å². The van der Waals surface area contributed by atoms with Crippen molar-refractivity contribution in [2.45, 2.75) is 51.0 Å². The predicted octanol–water partition coefficient (Wildman–Crippen LogP) is 4.16. The van der Waals surface area contributed by atoms with Crippen molar-refractivity contribution in [2.24, 2.45) is 0 Å². The minimum absolute atomic E-state index is 0.273. The standard InChI is InChI=1S/C32H39N5O5/c1-22(41-2)29(35-32(40)42-3)31(39)37-19-7-10-28(37)30(38)34-26-17-13-24(14-18-26)21-36(27-8-5-4-6-9-27)20-23-11-15-25(33)16-12-23/h4-6,8-9,11-18,22,28-29H,7,10,19-21,33H2,1-3H3,(H,34,38)(H,35,40)/t22-,28?,29+/m1/s1. The molecule has 3 amide bonds. The summed E-state index contributed by atoms with van der Waals surface area (Å²) in [6.07, 6.45) is -0.141. The fourth-order valence-electron chi connectivity index (χ4n) is 5.04. The first-order valence-electron chi connectivity index (χ1n) is 14.0. The van der Waals surface area contributed by atoms with Gasteiger partial charge in [-0.3, -0.25) is 9.59 Å². The zero-order valence-corrected chi connectivity index (χ0v) is 24.3. The first kappa shape index (κ1) is 30.4. The topological polar surface area (TPSA) is 126 Å². The van der Waals surface area contributed by atoms with Crippen LogP contribution in [0.15, 0.2) is 78.9 Å². The average molecular weight is 574 g/mol. The summed E-state index contributed by atoms with van der Waals surface area (Å²) in [6.45, 7) is 3.47. The Bertz CT molecular complexity index is 1330. The third-order valence-electron chi connectivity index (χ3n) is 7.47. The van der Waals surface area contributed by atoms with Crippen molar-refractivity contribution < 1.29 is 23.9 Å². The third kappa shape index (κ3) is 7.79. The summed E-state index contributed by atoms with van der Waals surface area (Å²) in [4.78, 5) is 42.3. The maximum Gasteiger partial charge on any atom is 0.407 e. The lowest BCUT2D eigenvalue weighted by Gasteiger charge is -2.30. The number of benzene rings is 3. The number of likely N-dealkylation sites (tertiary alicyclic amines) is 1. The molecule has 1 heterocycles. The number of carbonyl (C=O) groups is 3. The second kappa shape index (κ2) is 14.4. The summed E-state index contributed by atoms with van der Waals surface area (Å²) < 4.78 is 9.98. The van der Waals surface area contributed by atoms with Crippen LogP contribution in [0.5, 0.6) is 0 Å². The Hall–Kier alpha value is -4.57. The number of rotatable bonds is 11. The Morgan fingerprint density at radius 2 is 1.57 bits per heavy atom. The first-order chi connectivity index (χ1) is 20.3. The molecule has 4 N–H and O–H groups in total. The van der Waals surface area contributed by atoms with Gasteiger partial charge in [0.05, 0.1) is 13.2 Å². The van der Waals surface area contributed by atoms with Crippen LogP contribution in [0.4, 0.5) is 21.9 Å². The van der Waals surface area contributed by atoms with Gasteiger partial charge in [-0.15, -0.1) is 0 Å². The molecule has 42 heavy (non-hydrogen) atoms. The van der Waals surface area contributed by atoms with Crippen LogP contribution in [-0.2, 0) is 32.2 Å². The van der Waals surface area contributed by atoms with Crippen LogP contribution in [0.3, 0.4) is 0 Å². The van der Waals surface area contributed by atoms with Crippen molar-refractivity contribution in [3.05, 3.63) is 90.0 Å². The van der Waals surface area contributed by atoms with Gasteiger partial charge < -0.3 is 35.6 Å². The molecule has 10 heteroatoms. The monoisotopic (exact) mass is 573 g/mol. The van der Waals surface area contributed by atoms with E-state index in [1.807, 2.05) is 66.7 Å². The molecule has 1 aliphatic rings. The fourth-order valence-corrected chi connectivity index (χ4v) is 5.04. The predicted molar refractivity (Wildman–Crippen MR) is 163 cm³/mol. The number of amides is 3. The lowest BCUT2D eigenvalue weighted by molar-refractivity contribution is -0.141. The lowest BCUT2D eigenvalue weighted by Crippen LogP contribution is -2.56. The molecule has 1 unspecified atom stereocenters. The Morgan fingerprint density at radius 3 is 2.17 bits per heavy atom. The molecule has 3 atom stereocenters. The molecule has 0 saturated carbocycles. The second-order valence-corrected chi connectivity index (χ2v) is 10.4. The van der Waals surface area contributed by atoms with Crippen molar-refractivity contribution in [1.29, 1.82) is 0 Å². The van der Waals surface area contributed by atoms with Crippen molar-refractivity contribution in [1.82, 2.24) is 10.2 Å². The molecule has 10 nitrogen and oxygen atoms in total. The molecule has 0 aromatic heterocycles. The number of alkyl carbamates (subject to hydrolysis) is 1. The molecule has 4 rings (SSSR count). The molecule has 0 radical (unpaired) electrons. The number of hydrogen-bond donors (Lipinski definition) is 3. The maximum atomic E-state index is 13.4. The van der Waals surface area contributed by atoms with Crippen LogP contribution >= 0.6 is 0 Å². The maximum absolute atomic E-state index is 13.4. The molecule has 0 spiro atoms. The van der Waals surface area contributed by atoms with Gasteiger partial charge in [-0.2, -0.15) is 0 Å². The van der Waals surface area contributed by atoms with E-state index in [9.17, 15) is 14.4 Å². The van der Waals surface area contributed by atoms with E-state index in [4.69, 9.17) is 10.5 Å². The number of methoxy groups -OCH3 is 2. The molecule has 1 aliphatic heterocycles. The van der Waals surface area contributed by atoms with Crippen LogP contribution in [-0.4, -0.2) is 61.8 Å². The fraction of sp³-hybridized carbons (Fsp3) is 0.344. The zero-order chi connectivity index (χ0) is 30.1. The van der Waals surface area contributed by atoms with Crippen LogP contribution in [0.1, 0.15) is 30.9 Å². The van der Waals surface area contributed by atoms with Crippen molar-refractivity contribution in [3.8, 4) is 0 Å². The number of hydrogen-bond acceptors (Lipinski definition) is 7. The van der Waals surface area contributed by atoms with Gasteiger partial charge in [0.25, 0.3) is 0 Å². The first-order valence-corrected chi connectivity index (χ1v) is 14.0. The van der Waals surface area contributed by atoms with E-state index in [0.717, 1.165) is 22.5 Å². The minimum Gasteiger partial charge on any atom is -0.453 e. The smallest absolute Gasteiger partial charge is 0.407 e. The van der Waals surface area contributed by atoms with Gasteiger partial charge in [-0.25, -0.2) is 4.79 Å². The summed E-state index contributed by atoms with van der Waals surface area (Å²) in [7, 11) is 2.68. The van der Waals surface area contributed by atoms with Gasteiger partial charge in [0.1, 0.15) is 12.1 Å². The Labute approximate surface area is 246 Å². The molecule has 0 bridgehead atoms. The Kier molecular flexibility index (Phi) is 10.4. The molecule has 3 aromatic carbocycles. The van der Waals surface area contributed by atoms with Gasteiger partial charge in [0, 0.05) is 43.8 Å². The largest absolute Gasteiger partial charge is 0.453 e. The highest BCUT2D eigenvalue weighted by Crippen LogP contribution is 2.24. The van der Waals surface area contributed by atoms with Crippen LogP contribution in [0, 0.1) is 0 Å². The molecule has 1 fully saturated rings. The normalized spacial score (nSPS) is 15.9. The van der Waals surface area contributed by atoms with Crippen molar-refractivity contribution in [3.63, 3.8) is 0 Å². The SMILES string of the molecule is COC(=O)N[C@H](C(=O)N1CCCC1C(=O)Nc1ccc(CN(Cc2ccc(N)cc2)c2ccccc2)cc1)[C@@H](C)OC. The number of anilines is 3. The number of nitrogen functional groups attached to an aromatic ring is 1. The van der Waals surface area contributed by atoms with E-state index in [-0.39, 0.29) is 11.8 Å². The van der Waals surface area contributed by atoms with Gasteiger partial charge >= 0.3 is 6.09 Å². The molecule has 3 aromatic rings. The summed E-state index contributed by atoms with van der Waals surface area (Å²) >= 11 is 0. The van der Waals surface area contributed by atoms with Crippen molar-refractivity contribution >= 4 is 35.0 Å². The zero-order valence-electron chi connectivity index (χ0n) is 24.3. The van der Waals surface area contributed by atoms with Crippen LogP contribution < -0.4 is 21.3 Å². The number of carbonyl (C=O) groups excluding carboxylic acids is 3. The lowest BCUT2D eigenvalue weighted by atomic mass is 10.1. The molecule has 222 valence electrons. The van der Waals surface area contributed by atoms with E-state index < -0.39 is 24.3 Å². The number of ether oxygens (including phenoxy) is 2. The quantitative estimate of drug-likeness (QED) is 0.294. The number of nitrogens with one attached hydrogen (secondary N) is 2. The molecule has 0 aliphatic carbocycles. The Morgan fingerprint density at radius 1 is 0.952 bits per heavy atom. The van der Waals surface area contributed by atoms with Gasteiger partial charge in [0.2, 0.25) is 11.8 Å². The molecule has 1 saturated heterocycles. The summed E-state index contributed by atoms with van der Waals surface area (Å²) in [5, 5.41) is 5.49. The minimum atomic E-state index is -0.976. The molecular weight excluding hydrogens is 534 g/mol. The Balaban J connectivity index is 1.42. The number of nitrogens with zero attached hydrogens (tertiary/aromatic N) is 2. The average Bonchev–Trinajstić information content (AvgIpc) is 3.51. The van der Waals surface area contributed by atoms with Gasteiger partial charge in [-0.05, 0) is 67.3 Å². The summed E-state index contributed by atoms with van der Waals surface area (Å²) in [5.41, 5.74) is 10.6. The van der Waals surface area contributed by atoms with E-state index in [1.165, 1.54) is 19.1 Å². The second-order valence-electron chi connectivity index (χ2n) is 10.4. The number of para-hydroxylation sites is 1.